The van der Waals surface area contributed by atoms with E-state index in [1.807, 2.05) is 26.0 Å². The van der Waals surface area contributed by atoms with Crippen LogP contribution < -0.4 is 4.74 Å². The first-order chi connectivity index (χ1) is 8.52. The molecule has 1 saturated heterocycles. The maximum atomic E-state index is 6.22. The van der Waals surface area contributed by atoms with Crippen LogP contribution in [0.4, 0.5) is 0 Å². The summed E-state index contributed by atoms with van der Waals surface area (Å²) in [5, 5.41) is 0.810. The van der Waals surface area contributed by atoms with Crippen molar-refractivity contribution in [3.63, 3.8) is 0 Å². The van der Waals surface area contributed by atoms with E-state index in [1.165, 1.54) is 5.56 Å². The lowest BCUT2D eigenvalue weighted by atomic mass is 9.93. The lowest BCUT2D eigenvalue weighted by Gasteiger charge is -2.17. The molecular weight excluding hydrogens is 248 g/mol. The van der Waals surface area contributed by atoms with Gasteiger partial charge in [-0.15, -0.1) is 0 Å². The van der Waals surface area contributed by atoms with Crippen molar-refractivity contribution < 1.29 is 9.47 Å². The number of hydrogen-bond donors (Lipinski definition) is 0. The first kappa shape index (κ1) is 13.7. The largest absolute Gasteiger partial charge is 0.494 e. The fourth-order valence-corrected chi connectivity index (χ4v) is 2.46. The monoisotopic (exact) mass is 268 g/mol. The first-order valence-corrected chi connectivity index (χ1v) is 6.99. The van der Waals surface area contributed by atoms with Gasteiger partial charge in [-0.3, -0.25) is 0 Å². The average molecular weight is 269 g/mol. The predicted octanol–water partition coefficient (Wildman–Crippen LogP) is 4.33. The minimum Gasteiger partial charge on any atom is -0.494 e. The van der Waals surface area contributed by atoms with Crippen molar-refractivity contribution in [2.24, 2.45) is 0 Å². The molecule has 0 spiro atoms. The maximum absolute atomic E-state index is 6.22. The van der Waals surface area contributed by atoms with E-state index in [9.17, 15) is 0 Å². The molecule has 1 aliphatic heterocycles. The molecule has 0 amide bonds. The second-order valence-corrected chi connectivity index (χ2v) is 5.50. The maximum Gasteiger partial charge on any atom is 0.123 e. The summed E-state index contributed by atoms with van der Waals surface area (Å²) in [6.07, 6.45) is 1.83. The molecule has 2 nitrogen and oxygen atoms in total. The second-order valence-electron chi connectivity index (χ2n) is 5.09. The molecule has 3 atom stereocenters. The van der Waals surface area contributed by atoms with E-state index >= 15 is 0 Å². The molecule has 0 bridgehead atoms. The van der Waals surface area contributed by atoms with Gasteiger partial charge < -0.3 is 9.47 Å². The van der Waals surface area contributed by atoms with Gasteiger partial charge in [-0.05, 0) is 56.4 Å². The SMILES string of the molecule is CCOc1cc(C)c(Cl)cc1C(C)CC1OC1C. The van der Waals surface area contributed by atoms with Gasteiger partial charge in [0.2, 0.25) is 0 Å². The highest BCUT2D eigenvalue weighted by molar-refractivity contribution is 6.31. The van der Waals surface area contributed by atoms with Crippen LogP contribution in [0.15, 0.2) is 12.1 Å². The molecule has 0 aromatic heterocycles. The normalized spacial score (nSPS) is 23.8. The Morgan fingerprint density at radius 2 is 2.11 bits per heavy atom. The third-order valence-corrected chi connectivity index (χ3v) is 3.95. The minimum atomic E-state index is 0.398. The number of epoxide rings is 1. The van der Waals surface area contributed by atoms with Gasteiger partial charge >= 0.3 is 0 Å². The molecule has 1 heterocycles. The van der Waals surface area contributed by atoms with Gasteiger partial charge in [0, 0.05) is 5.02 Å². The highest BCUT2D eigenvalue weighted by atomic mass is 35.5. The fourth-order valence-electron chi connectivity index (χ4n) is 2.29. The highest BCUT2D eigenvalue weighted by Gasteiger charge is 2.35. The number of halogens is 1. The van der Waals surface area contributed by atoms with Crippen LogP contribution in [0.25, 0.3) is 0 Å². The van der Waals surface area contributed by atoms with Crippen LogP contribution >= 0.6 is 11.6 Å². The van der Waals surface area contributed by atoms with E-state index in [0.29, 0.717) is 24.7 Å². The molecule has 3 heteroatoms. The van der Waals surface area contributed by atoms with Gasteiger partial charge in [-0.25, -0.2) is 0 Å². The van der Waals surface area contributed by atoms with Crippen molar-refractivity contribution in [3.8, 4) is 5.75 Å². The molecule has 0 radical (unpaired) electrons. The molecule has 0 N–H and O–H groups in total. The van der Waals surface area contributed by atoms with Crippen LogP contribution in [0.3, 0.4) is 0 Å². The van der Waals surface area contributed by atoms with E-state index in [4.69, 9.17) is 21.1 Å². The van der Waals surface area contributed by atoms with Crippen LogP contribution in [0.5, 0.6) is 5.75 Å². The molecule has 3 unspecified atom stereocenters. The summed E-state index contributed by atoms with van der Waals surface area (Å²) >= 11 is 6.22. The Morgan fingerprint density at radius 3 is 2.67 bits per heavy atom. The zero-order chi connectivity index (χ0) is 13.3. The Bertz CT molecular complexity index is 431. The van der Waals surface area contributed by atoms with E-state index < -0.39 is 0 Å². The molecule has 1 aromatic carbocycles. The first-order valence-electron chi connectivity index (χ1n) is 6.61. The van der Waals surface area contributed by atoms with Crippen molar-refractivity contribution in [1.82, 2.24) is 0 Å². The number of benzene rings is 1. The van der Waals surface area contributed by atoms with Crippen LogP contribution in [-0.4, -0.2) is 18.8 Å². The van der Waals surface area contributed by atoms with Gasteiger partial charge in [-0.2, -0.15) is 0 Å². The Balaban J connectivity index is 2.20. The highest BCUT2D eigenvalue weighted by Crippen LogP contribution is 2.38. The third kappa shape index (κ3) is 2.99. The van der Waals surface area contributed by atoms with Crippen molar-refractivity contribution in [2.45, 2.75) is 52.2 Å². The van der Waals surface area contributed by atoms with Crippen LogP contribution in [0.2, 0.25) is 5.02 Å². The van der Waals surface area contributed by atoms with Crippen molar-refractivity contribution in [2.75, 3.05) is 6.61 Å². The van der Waals surface area contributed by atoms with Crippen LogP contribution in [-0.2, 0) is 4.74 Å². The molecule has 1 fully saturated rings. The molecule has 100 valence electrons. The molecule has 0 aliphatic carbocycles. The van der Waals surface area contributed by atoms with Gasteiger partial charge in [0.15, 0.2) is 0 Å². The number of hydrogen-bond acceptors (Lipinski definition) is 2. The molecule has 1 aromatic rings. The summed E-state index contributed by atoms with van der Waals surface area (Å²) in [6, 6.07) is 4.08. The Labute approximate surface area is 114 Å². The smallest absolute Gasteiger partial charge is 0.123 e. The quantitative estimate of drug-likeness (QED) is 0.742. The zero-order valence-electron chi connectivity index (χ0n) is 11.5. The molecule has 0 saturated carbocycles. The lowest BCUT2D eigenvalue weighted by Crippen LogP contribution is -2.04. The Hall–Kier alpha value is -0.730. The molecule has 1 aliphatic rings. The summed E-state index contributed by atoms with van der Waals surface area (Å²) in [6.45, 7) is 9.01. The van der Waals surface area contributed by atoms with Crippen molar-refractivity contribution in [3.05, 3.63) is 28.3 Å². The van der Waals surface area contributed by atoms with Gasteiger partial charge in [0.05, 0.1) is 18.8 Å². The zero-order valence-corrected chi connectivity index (χ0v) is 12.3. The standard InChI is InChI=1S/C15H21ClO2/c1-5-17-15-7-10(3)13(16)8-12(15)9(2)6-14-11(4)18-14/h7-9,11,14H,5-6H2,1-4H3. The minimum absolute atomic E-state index is 0.398. The van der Waals surface area contributed by atoms with Crippen molar-refractivity contribution >= 4 is 11.6 Å². The third-order valence-electron chi connectivity index (χ3n) is 3.54. The molecular formula is C15H21ClO2. The van der Waals surface area contributed by atoms with E-state index in [2.05, 4.69) is 13.8 Å². The summed E-state index contributed by atoms with van der Waals surface area (Å²) < 4.78 is 11.2. The van der Waals surface area contributed by atoms with E-state index in [1.54, 1.807) is 0 Å². The Kier molecular flexibility index (Phi) is 4.18. The second kappa shape index (κ2) is 5.50. The van der Waals surface area contributed by atoms with Crippen LogP contribution in [0, 0.1) is 6.92 Å². The van der Waals surface area contributed by atoms with Gasteiger partial charge in [0.25, 0.3) is 0 Å². The topological polar surface area (TPSA) is 21.8 Å². The van der Waals surface area contributed by atoms with Gasteiger partial charge in [-0.1, -0.05) is 18.5 Å². The van der Waals surface area contributed by atoms with Crippen LogP contribution in [0.1, 0.15) is 44.2 Å². The summed E-state index contributed by atoms with van der Waals surface area (Å²) in [5.74, 6) is 1.36. The van der Waals surface area contributed by atoms with E-state index in [0.717, 1.165) is 22.8 Å². The van der Waals surface area contributed by atoms with Gasteiger partial charge in [0.1, 0.15) is 5.75 Å². The summed E-state index contributed by atoms with van der Waals surface area (Å²) in [5.41, 5.74) is 2.25. The number of rotatable bonds is 5. The lowest BCUT2D eigenvalue weighted by molar-refractivity contribution is 0.329. The number of ether oxygens (including phenoxy) is 2. The molecule has 18 heavy (non-hydrogen) atoms. The predicted molar refractivity (Wildman–Crippen MR) is 74.7 cm³/mol. The molecule has 2 rings (SSSR count). The number of aryl methyl sites for hydroxylation is 1. The average Bonchev–Trinajstić information content (AvgIpc) is 2.99. The summed E-state index contributed by atoms with van der Waals surface area (Å²) in [7, 11) is 0. The summed E-state index contributed by atoms with van der Waals surface area (Å²) in [4.78, 5) is 0. The Morgan fingerprint density at radius 1 is 1.44 bits per heavy atom. The fraction of sp³-hybridized carbons (Fsp3) is 0.600. The van der Waals surface area contributed by atoms with Crippen molar-refractivity contribution in [1.29, 1.82) is 0 Å². The van der Waals surface area contributed by atoms with E-state index in [-0.39, 0.29) is 0 Å².